The van der Waals surface area contributed by atoms with Crippen LogP contribution in [0, 0.1) is 0 Å². The van der Waals surface area contributed by atoms with Gasteiger partial charge in [-0.25, -0.2) is 4.98 Å². The smallest absolute Gasteiger partial charge is 0.253 e. The van der Waals surface area contributed by atoms with E-state index in [1.54, 1.807) is 12.3 Å². The highest BCUT2D eigenvalue weighted by Crippen LogP contribution is 2.31. The first-order valence-corrected chi connectivity index (χ1v) is 9.62. The molecule has 1 amide bonds. The van der Waals surface area contributed by atoms with Crippen LogP contribution in [0.3, 0.4) is 0 Å². The Hall–Kier alpha value is -3.22. The summed E-state index contributed by atoms with van der Waals surface area (Å²) in [5, 5.41) is 10.2. The Morgan fingerprint density at radius 2 is 2.21 bits per heavy atom. The number of carbonyl (C=O) groups excluding carboxylic acids is 1. The summed E-state index contributed by atoms with van der Waals surface area (Å²) in [7, 11) is 0. The van der Waals surface area contributed by atoms with Gasteiger partial charge in [-0.15, -0.1) is 0 Å². The van der Waals surface area contributed by atoms with Gasteiger partial charge >= 0.3 is 0 Å². The van der Waals surface area contributed by atoms with Gasteiger partial charge in [0, 0.05) is 18.5 Å². The normalized spacial score (nSPS) is 15.2. The van der Waals surface area contributed by atoms with E-state index in [1.807, 2.05) is 24.4 Å². The molecule has 0 fully saturated rings. The van der Waals surface area contributed by atoms with Crippen molar-refractivity contribution >= 4 is 11.7 Å². The van der Waals surface area contributed by atoms with E-state index >= 15 is 0 Å². The lowest BCUT2D eigenvalue weighted by molar-refractivity contribution is 0.0946. The number of rotatable bonds is 7. The van der Waals surface area contributed by atoms with Crippen LogP contribution in [0.5, 0.6) is 0 Å². The molecule has 3 aromatic heterocycles. The van der Waals surface area contributed by atoms with E-state index in [0.29, 0.717) is 17.9 Å². The zero-order valence-electron chi connectivity index (χ0n) is 15.8. The standard InChI is InChI=1S/C21H23N5O2/c1-2-4-16-11-17(28-26-16)13-24-21(27)15-7-9-19(23-12-15)25-18-8-6-14-5-3-10-22-20(14)18/h3,5,7,9-12,18H,2,4,6,8,13H2,1H3,(H,23,25)(H,24,27)/t18-/m0/s1. The molecule has 1 aliphatic carbocycles. The summed E-state index contributed by atoms with van der Waals surface area (Å²) in [5.74, 6) is 1.19. The van der Waals surface area contributed by atoms with Crippen molar-refractivity contribution in [3.63, 3.8) is 0 Å². The summed E-state index contributed by atoms with van der Waals surface area (Å²) in [6.07, 6.45) is 7.29. The van der Waals surface area contributed by atoms with Gasteiger partial charge in [-0.1, -0.05) is 24.6 Å². The second-order valence-corrected chi connectivity index (χ2v) is 6.93. The maximum Gasteiger partial charge on any atom is 0.253 e. The number of carbonyl (C=O) groups is 1. The molecule has 28 heavy (non-hydrogen) atoms. The van der Waals surface area contributed by atoms with Gasteiger partial charge in [0.25, 0.3) is 5.91 Å². The largest absolute Gasteiger partial charge is 0.362 e. The van der Waals surface area contributed by atoms with E-state index in [-0.39, 0.29) is 11.9 Å². The van der Waals surface area contributed by atoms with Crippen molar-refractivity contribution in [1.82, 2.24) is 20.4 Å². The number of nitrogens with zero attached hydrogens (tertiary/aromatic N) is 3. The molecule has 0 unspecified atom stereocenters. The highest BCUT2D eigenvalue weighted by molar-refractivity contribution is 5.93. The SMILES string of the molecule is CCCc1cc(CNC(=O)c2ccc(N[C@H]3CCc4cccnc43)nc2)on1. The van der Waals surface area contributed by atoms with Gasteiger partial charge in [0.2, 0.25) is 0 Å². The maximum atomic E-state index is 12.3. The quantitative estimate of drug-likeness (QED) is 0.655. The van der Waals surface area contributed by atoms with Crippen LogP contribution in [-0.2, 0) is 19.4 Å². The van der Waals surface area contributed by atoms with Crippen LogP contribution < -0.4 is 10.6 Å². The fourth-order valence-corrected chi connectivity index (χ4v) is 3.43. The number of anilines is 1. The number of aryl methyl sites for hydroxylation is 2. The second-order valence-electron chi connectivity index (χ2n) is 6.93. The minimum Gasteiger partial charge on any atom is -0.362 e. The van der Waals surface area contributed by atoms with E-state index in [9.17, 15) is 4.79 Å². The molecule has 4 rings (SSSR count). The Morgan fingerprint density at radius 1 is 1.29 bits per heavy atom. The highest BCUT2D eigenvalue weighted by atomic mass is 16.5. The monoisotopic (exact) mass is 377 g/mol. The third-order valence-corrected chi connectivity index (χ3v) is 4.84. The molecule has 2 N–H and O–H groups in total. The van der Waals surface area contributed by atoms with E-state index in [1.165, 1.54) is 5.56 Å². The molecular weight excluding hydrogens is 354 g/mol. The predicted molar refractivity (Wildman–Crippen MR) is 105 cm³/mol. The summed E-state index contributed by atoms with van der Waals surface area (Å²) in [4.78, 5) is 21.2. The van der Waals surface area contributed by atoms with Gasteiger partial charge in [0.15, 0.2) is 5.76 Å². The minimum atomic E-state index is -0.194. The molecular formula is C21H23N5O2. The molecule has 0 spiro atoms. The number of pyridine rings is 2. The van der Waals surface area contributed by atoms with Crippen molar-refractivity contribution in [2.75, 3.05) is 5.32 Å². The Morgan fingerprint density at radius 3 is 3.04 bits per heavy atom. The summed E-state index contributed by atoms with van der Waals surface area (Å²) in [6, 6.07) is 9.71. The lowest BCUT2D eigenvalue weighted by Gasteiger charge is -2.14. The van der Waals surface area contributed by atoms with Crippen molar-refractivity contribution in [1.29, 1.82) is 0 Å². The molecule has 1 aliphatic rings. The number of aromatic nitrogens is 3. The first-order valence-electron chi connectivity index (χ1n) is 9.62. The Bertz CT molecular complexity index is 951. The molecule has 3 heterocycles. The van der Waals surface area contributed by atoms with Crippen molar-refractivity contribution in [2.45, 2.75) is 45.2 Å². The van der Waals surface area contributed by atoms with Gasteiger partial charge in [0.1, 0.15) is 5.82 Å². The van der Waals surface area contributed by atoms with Crippen LogP contribution in [0.15, 0.2) is 47.2 Å². The Kier molecular flexibility index (Phi) is 5.32. The molecule has 0 saturated carbocycles. The molecule has 0 aliphatic heterocycles. The van der Waals surface area contributed by atoms with E-state index in [2.05, 4.69) is 38.7 Å². The molecule has 7 heteroatoms. The van der Waals surface area contributed by atoms with Crippen LogP contribution >= 0.6 is 0 Å². The van der Waals surface area contributed by atoms with Gasteiger partial charge < -0.3 is 15.2 Å². The fraction of sp³-hybridized carbons (Fsp3) is 0.333. The Balaban J connectivity index is 1.33. The molecule has 0 saturated heterocycles. The molecule has 0 radical (unpaired) electrons. The number of amides is 1. The number of fused-ring (bicyclic) bond motifs is 1. The summed E-state index contributed by atoms with van der Waals surface area (Å²) < 4.78 is 5.23. The van der Waals surface area contributed by atoms with Crippen LogP contribution in [0.1, 0.15) is 58.9 Å². The van der Waals surface area contributed by atoms with Gasteiger partial charge in [-0.05, 0) is 43.0 Å². The third kappa shape index (κ3) is 4.03. The second kappa shape index (κ2) is 8.21. The van der Waals surface area contributed by atoms with Crippen LogP contribution in [0.4, 0.5) is 5.82 Å². The fourth-order valence-electron chi connectivity index (χ4n) is 3.43. The van der Waals surface area contributed by atoms with Crippen molar-refractivity contribution in [3.05, 3.63) is 71.0 Å². The topological polar surface area (TPSA) is 92.9 Å². The third-order valence-electron chi connectivity index (χ3n) is 4.84. The van der Waals surface area contributed by atoms with Crippen molar-refractivity contribution in [2.24, 2.45) is 0 Å². The van der Waals surface area contributed by atoms with Crippen LogP contribution in [0.2, 0.25) is 0 Å². The lowest BCUT2D eigenvalue weighted by Crippen LogP contribution is -2.22. The molecule has 0 bridgehead atoms. The van der Waals surface area contributed by atoms with Gasteiger partial charge in [0.05, 0.1) is 29.5 Å². The molecule has 3 aromatic rings. The average molecular weight is 377 g/mol. The van der Waals surface area contributed by atoms with Gasteiger partial charge in [-0.3, -0.25) is 9.78 Å². The summed E-state index contributed by atoms with van der Waals surface area (Å²) in [6.45, 7) is 2.39. The average Bonchev–Trinajstić information content (AvgIpc) is 3.34. The molecule has 144 valence electrons. The highest BCUT2D eigenvalue weighted by Gasteiger charge is 2.23. The summed E-state index contributed by atoms with van der Waals surface area (Å²) >= 11 is 0. The van der Waals surface area contributed by atoms with Crippen LogP contribution in [0.25, 0.3) is 0 Å². The summed E-state index contributed by atoms with van der Waals surface area (Å²) in [5.41, 5.74) is 3.78. The van der Waals surface area contributed by atoms with E-state index < -0.39 is 0 Å². The Labute approximate surface area is 163 Å². The first-order chi connectivity index (χ1) is 13.7. The predicted octanol–water partition coefficient (Wildman–Crippen LogP) is 3.45. The zero-order chi connectivity index (χ0) is 19.3. The van der Waals surface area contributed by atoms with Crippen molar-refractivity contribution < 1.29 is 9.32 Å². The van der Waals surface area contributed by atoms with Crippen LogP contribution in [-0.4, -0.2) is 21.0 Å². The maximum absolute atomic E-state index is 12.3. The zero-order valence-corrected chi connectivity index (χ0v) is 15.8. The molecule has 0 aromatic carbocycles. The molecule has 1 atom stereocenters. The first kappa shape index (κ1) is 18.2. The number of nitrogens with one attached hydrogen (secondary N) is 2. The van der Waals surface area contributed by atoms with Gasteiger partial charge in [-0.2, -0.15) is 0 Å². The molecule has 7 nitrogen and oxygen atoms in total. The van der Waals surface area contributed by atoms with E-state index in [0.717, 1.165) is 42.9 Å². The lowest BCUT2D eigenvalue weighted by atomic mass is 10.2. The minimum absolute atomic E-state index is 0.159. The number of hydrogen-bond donors (Lipinski definition) is 2. The van der Waals surface area contributed by atoms with Crippen molar-refractivity contribution in [3.8, 4) is 0 Å². The van der Waals surface area contributed by atoms with E-state index in [4.69, 9.17) is 4.52 Å². The number of hydrogen-bond acceptors (Lipinski definition) is 6.